The van der Waals surface area contributed by atoms with Gasteiger partial charge in [-0.15, -0.1) is 0 Å². The van der Waals surface area contributed by atoms with Crippen LogP contribution in [-0.4, -0.2) is 30.3 Å². The number of carbonyl (C=O) groups is 1. The lowest BCUT2D eigenvalue weighted by atomic mass is 10.2. The molecule has 0 aliphatic carbocycles. The number of nitrogens with one attached hydrogen (secondary N) is 1. The van der Waals surface area contributed by atoms with Gasteiger partial charge in [-0.2, -0.15) is 0 Å². The van der Waals surface area contributed by atoms with E-state index >= 15 is 0 Å². The Morgan fingerprint density at radius 2 is 1.85 bits per heavy atom. The Hall–Kier alpha value is -2.76. The maximum atomic E-state index is 11.1. The van der Waals surface area contributed by atoms with E-state index in [1.165, 1.54) is 12.3 Å². The van der Waals surface area contributed by atoms with Crippen molar-refractivity contribution in [1.29, 1.82) is 0 Å². The molecule has 1 aromatic heterocycles. The summed E-state index contributed by atoms with van der Waals surface area (Å²) in [6, 6.07) is 8.23. The van der Waals surface area contributed by atoms with E-state index in [0.717, 1.165) is 0 Å². The number of anilines is 2. The number of pyridine rings is 1. The van der Waals surface area contributed by atoms with Crippen molar-refractivity contribution in [3.8, 4) is 11.5 Å². The third-order valence-electron chi connectivity index (χ3n) is 2.65. The highest BCUT2D eigenvalue weighted by Gasteiger charge is 2.11. The zero-order valence-corrected chi connectivity index (χ0v) is 11.1. The van der Waals surface area contributed by atoms with Gasteiger partial charge < -0.3 is 19.9 Å². The minimum atomic E-state index is -1.05. The van der Waals surface area contributed by atoms with Crippen LogP contribution in [0.15, 0.2) is 36.5 Å². The van der Waals surface area contributed by atoms with Crippen LogP contribution in [-0.2, 0) is 0 Å². The molecule has 0 spiro atoms. The smallest absolute Gasteiger partial charge is 0.339 e. The van der Waals surface area contributed by atoms with Crippen molar-refractivity contribution in [1.82, 2.24) is 4.98 Å². The summed E-state index contributed by atoms with van der Waals surface area (Å²) in [5.74, 6) is 0.407. The summed E-state index contributed by atoms with van der Waals surface area (Å²) in [5.41, 5.74) is 0.719. The van der Waals surface area contributed by atoms with Crippen molar-refractivity contribution in [3.63, 3.8) is 0 Å². The second-order valence-electron chi connectivity index (χ2n) is 3.93. The van der Waals surface area contributed by atoms with E-state index in [4.69, 9.17) is 14.6 Å². The minimum Gasteiger partial charge on any atom is -0.497 e. The Morgan fingerprint density at radius 1 is 1.20 bits per heavy atom. The van der Waals surface area contributed by atoms with Crippen molar-refractivity contribution in [2.45, 2.75) is 0 Å². The molecule has 0 atom stereocenters. The molecule has 0 saturated carbocycles. The van der Waals surface area contributed by atoms with Crippen LogP contribution in [0.25, 0.3) is 0 Å². The van der Waals surface area contributed by atoms with Crippen LogP contribution >= 0.6 is 0 Å². The number of hydrogen-bond acceptors (Lipinski definition) is 5. The molecule has 1 aromatic carbocycles. The molecule has 0 aliphatic rings. The molecule has 0 unspecified atom stereocenters. The number of hydrogen-bond donors (Lipinski definition) is 2. The fourth-order valence-corrected chi connectivity index (χ4v) is 1.69. The summed E-state index contributed by atoms with van der Waals surface area (Å²) in [7, 11) is 3.09. The molecule has 2 aromatic rings. The standard InChI is InChI=1S/C14H14N2O4/c1-19-10-6-9(7-11(8-10)20-2)16-13-12(14(17)18)4-3-5-15-13/h3-8H,1-2H3,(H,15,16)(H,17,18). The maximum absolute atomic E-state index is 11.1. The van der Waals surface area contributed by atoms with Gasteiger partial charge in [0.1, 0.15) is 22.9 Å². The number of carboxylic acids is 1. The fourth-order valence-electron chi connectivity index (χ4n) is 1.69. The van der Waals surface area contributed by atoms with Crippen LogP contribution in [0, 0.1) is 0 Å². The summed E-state index contributed by atoms with van der Waals surface area (Å²) in [6.45, 7) is 0. The summed E-state index contributed by atoms with van der Waals surface area (Å²) >= 11 is 0. The van der Waals surface area contributed by atoms with Crippen LogP contribution < -0.4 is 14.8 Å². The highest BCUT2D eigenvalue weighted by molar-refractivity contribution is 5.93. The summed E-state index contributed by atoms with van der Waals surface area (Å²) in [6.07, 6.45) is 1.52. The first kappa shape index (κ1) is 13.7. The van der Waals surface area contributed by atoms with Crippen molar-refractivity contribution >= 4 is 17.5 Å². The Balaban J connectivity index is 2.37. The molecular weight excluding hydrogens is 260 g/mol. The topological polar surface area (TPSA) is 80.7 Å². The van der Waals surface area contributed by atoms with Crippen LogP contribution in [0.2, 0.25) is 0 Å². The normalized spacial score (nSPS) is 9.90. The van der Waals surface area contributed by atoms with E-state index in [2.05, 4.69) is 10.3 Å². The molecular formula is C14H14N2O4. The van der Waals surface area contributed by atoms with E-state index in [1.807, 2.05) is 0 Å². The van der Waals surface area contributed by atoms with Gasteiger partial charge in [0.2, 0.25) is 0 Å². The number of aromatic nitrogens is 1. The summed E-state index contributed by atoms with van der Waals surface area (Å²) in [4.78, 5) is 15.2. The number of ether oxygens (including phenoxy) is 2. The second kappa shape index (κ2) is 5.92. The molecule has 2 N–H and O–H groups in total. The number of nitrogens with zero attached hydrogens (tertiary/aromatic N) is 1. The van der Waals surface area contributed by atoms with E-state index in [-0.39, 0.29) is 11.4 Å². The highest BCUT2D eigenvalue weighted by Crippen LogP contribution is 2.28. The highest BCUT2D eigenvalue weighted by atomic mass is 16.5. The average molecular weight is 274 g/mol. The third kappa shape index (κ3) is 2.97. The van der Waals surface area contributed by atoms with E-state index in [0.29, 0.717) is 17.2 Å². The Kier molecular flexibility index (Phi) is 4.05. The van der Waals surface area contributed by atoms with Gasteiger partial charge in [0.25, 0.3) is 0 Å². The number of methoxy groups -OCH3 is 2. The van der Waals surface area contributed by atoms with Crippen molar-refractivity contribution in [3.05, 3.63) is 42.1 Å². The first-order chi connectivity index (χ1) is 9.63. The quantitative estimate of drug-likeness (QED) is 0.872. The lowest BCUT2D eigenvalue weighted by Gasteiger charge is -2.11. The Bertz CT molecular complexity index is 606. The molecule has 0 radical (unpaired) electrons. The summed E-state index contributed by atoms with van der Waals surface area (Å²) in [5, 5.41) is 12.1. The number of benzene rings is 1. The molecule has 6 heteroatoms. The van der Waals surface area contributed by atoms with E-state index in [1.54, 1.807) is 38.5 Å². The predicted molar refractivity (Wildman–Crippen MR) is 74.0 cm³/mol. The Morgan fingerprint density at radius 3 is 2.40 bits per heavy atom. The van der Waals surface area contributed by atoms with Gasteiger partial charge in [-0.05, 0) is 12.1 Å². The van der Waals surface area contributed by atoms with Gasteiger partial charge in [-0.1, -0.05) is 0 Å². The minimum absolute atomic E-state index is 0.0919. The molecule has 104 valence electrons. The average Bonchev–Trinajstić information content (AvgIpc) is 2.47. The first-order valence-electron chi connectivity index (χ1n) is 5.82. The largest absolute Gasteiger partial charge is 0.497 e. The van der Waals surface area contributed by atoms with Crippen LogP contribution in [0.3, 0.4) is 0 Å². The molecule has 0 aliphatic heterocycles. The lowest BCUT2D eigenvalue weighted by molar-refractivity contribution is 0.0697. The van der Waals surface area contributed by atoms with Crippen molar-refractivity contribution < 1.29 is 19.4 Å². The van der Waals surface area contributed by atoms with Gasteiger partial charge in [0.05, 0.1) is 14.2 Å². The number of aromatic carboxylic acids is 1. The molecule has 0 fully saturated rings. The fraction of sp³-hybridized carbons (Fsp3) is 0.143. The molecule has 6 nitrogen and oxygen atoms in total. The van der Waals surface area contributed by atoms with Gasteiger partial charge in [-0.25, -0.2) is 9.78 Å². The van der Waals surface area contributed by atoms with Crippen LogP contribution in [0.4, 0.5) is 11.5 Å². The van der Waals surface area contributed by atoms with Gasteiger partial charge in [0, 0.05) is 30.1 Å². The third-order valence-corrected chi connectivity index (χ3v) is 2.65. The zero-order chi connectivity index (χ0) is 14.5. The molecule has 1 heterocycles. The lowest BCUT2D eigenvalue weighted by Crippen LogP contribution is -2.04. The molecule has 0 saturated heterocycles. The maximum Gasteiger partial charge on any atom is 0.339 e. The molecule has 0 amide bonds. The van der Waals surface area contributed by atoms with Crippen LogP contribution in [0.1, 0.15) is 10.4 Å². The molecule has 0 bridgehead atoms. The second-order valence-corrected chi connectivity index (χ2v) is 3.93. The SMILES string of the molecule is COc1cc(Nc2ncccc2C(=O)O)cc(OC)c1. The van der Waals surface area contributed by atoms with E-state index in [9.17, 15) is 4.79 Å². The van der Waals surface area contributed by atoms with Gasteiger partial charge in [-0.3, -0.25) is 0 Å². The number of rotatable bonds is 5. The Labute approximate surface area is 116 Å². The monoisotopic (exact) mass is 274 g/mol. The van der Waals surface area contributed by atoms with Crippen LogP contribution in [0.5, 0.6) is 11.5 Å². The van der Waals surface area contributed by atoms with Crippen molar-refractivity contribution in [2.24, 2.45) is 0 Å². The zero-order valence-electron chi connectivity index (χ0n) is 11.1. The van der Waals surface area contributed by atoms with E-state index < -0.39 is 5.97 Å². The molecule has 20 heavy (non-hydrogen) atoms. The van der Waals surface area contributed by atoms with Crippen molar-refractivity contribution in [2.75, 3.05) is 19.5 Å². The number of carboxylic acid groups (broad SMARTS) is 1. The first-order valence-corrected chi connectivity index (χ1v) is 5.82. The van der Waals surface area contributed by atoms with Gasteiger partial charge >= 0.3 is 5.97 Å². The predicted octanol–water partition coefficient (Wildman–Crippen LogP) is 2.54. The summed E-state index contributed by atoms with van der Waals surface area (Å²) < 4.78 is 10.3. The molecule has 2 rings (SSSR count). The van der Waals surface area contributed by atoms with Gasteiger partial charge in [0.15, 0.2) is 0 Å².